The lowest BCUT2D eigenvalue weighted by atomic mass is 9.92. The molecule has 2 fully saturated rings. The lowest BCUT2D eigenvalue weighted by Gasteiger charge is -2.31. The van der Waals surface area contributed by atoms with Crippen LogP contribution in [0.2, 0.25) is 0 Å². The molecule has 0 spiro atoms. The number of hydrogen-bond donors (Lipinski definition) is 1. The van der Waals surface area contributed by atoms with Crippen molar-refractivity contribution in [3.8, 4) is 0 Å². The number of carboxylic acids is 1. The van der Waals surface area contributed by atoms with Crippen molar-refractivity contribution in [1.82, 2.24) is 4.90 Å². The van der Waals surface area contributed by atoms with Crippen molar-refractivity contribution in [2.24, 2.45) is 5.92 Å². The maximum absolute atomic E-state index is 12.6. The molecule has 0 radical (unpaired) electrons. The van der Waals surface area contributed by atoms with E-state index >= 15 is 0 Å². The predicted molar refractivity (Wildman–Crippen MR) is 85.5 cm³/mol. The summed E-state index contributed by atoms with van der Waals surface area (Å²) in [6, 6.07) is 7.73. The van der Waals surface area contributed by atoms with Crippen molar-refractivity contribution < 1.29 is 19.4 Å². The van der Waals surface area contributed by atoms with Gasteiger partial charge < -0.3 is 14.7 Å². The molecule has 0 bridgehead atoms. The third-order valence-corrected chi connectivity index (χ3v) is 4.85. The molecule has 1 unspecified atom stereocenters. The van der Waals surface area contributed by atoms with Gasteiger partial charge in [-0.2, -0.15) is 0 Å². The Bertz CT molecular complexity index is 563. The molecule has 1 aromatic rings. The second kappa shape index (κ2) is 7.13. The van der Waals surface area contributed by atoms with Gasteiger partial charge in [0.1, 0.15) is 0 Å². The Morgan fingerprint density at radius 2 is 1.91 bits per heavy atom. The molecule has 124 valence electrons. The first kappa shape index (κ1) is 16.0. The molecule has 5 nitrogen and oxygen atoms in total. The van der Waals surface area contributed by atoms with Gasteiger partial charge in [0, 0.05) is 31.2 Å². The number of rotatable bonds is 3. The van der Waals surface area contributed by atoms with Gasteiger partial charge in [0.25, 0.3) is 5.91 Å². The van der Waals surface area contributed by atoms with Crippen LogP contribution in [0, 0.1) is 5.92 Å². The van der Waals surface area contributed by atoms with E-state index in [4.69, 9.17) is 9.84 Å². The van der Waals surface area contributed by atoms with Crippen molar-refractivity contribution in [2.45, 2.75) is 31.6 Å². The van der Waals surface area contributed by atoms with Gasteiger partial charge in [0.2, 0.25) is 0 Å². The number of amides is 1. The van der Waals surface area contributed by atoms with E-state index in [1.54, 1.807) is 4.90 Å². The van der Waals surface area contributed by atoms with Gasteiger partial charge in [-0.3, -0.25) is 9.59 Å². The third kappa shape index (κ3) is 3.72. The van der Waals surface area contributed by atoms with E-state index in [1.165, 1.54) is 5.56 Å². The molecule has 0 saturated carbocycles. The summed E-state index contributed by atoms with van der Waals surface area (Å²) in [5.74, 6) is -0.900. The molecule has 2 aliphatic heterocycles. The molecule has 2 heterocycles. The first-order chi connectivity index (χ1) is 11.1. The van der Waals surface area contributed by atoms with Gasteiger partial charge in [0.15, 0.2) is 0 Å². The molecule has 2 atom stereocenters. The van der Waals surface area contributed by atoms with Crippen LogP contribution >= 0.6 is 0 Å². The van der Waals surface area contributed by atoms with Crippen LogP contribution < -0.4 is 0 Å². The minimum atomic E-state index is -0.810. The zero-order chi connectivity index (χ0) is 16.2. The zero-order valence-electron chi connectivity index (χ0n) is 13.2. The fourth-order valence-electron chi connectivity index (χ4n) is 3.45. The van der Waals surface area contributed by atoms with E-state index in [2.05, 4.69) is 0 Å². The highest BCUT2D eigenvalue weighted by Crippen LogP contribution is 2.26. The van der Waals surface area contributed by atoms with Gasteiger partial charge in [-0.05, 0) is 43.4 Å². The molecular formula is C18H23NO4. The Morgan fingerprint density at radius 1 is 1.13 bits per heavy atom. The quantitative estimate of drug-likeness (QED) is 0.930. The van der Waals surface area contributed by atoms with E-state index in [-0.39, 0.29) is 5.91 Å². The summed E-state index contributed by atoms with van der Waals surface area (Å²) in [4.78, 5) is 25.4. The van der Waals surface area contributed by atoms with E-state index in [1.807, 2.05) is 24.3 Å². The number of carbonyl (C=O) groups is 2. The molecule has 5 heteroatoms. The van der Waals surface area contributed by atoms with E-state index in [0.29, 0.717) is 31.0 Å². The van der Waals surface area contributed by atoms with Crippen molar-refractivity contribution in [3.63, 3.8) is 0 Å². The second-order valence-electron chi connectivity index (χ2n) is 6.46. The molecular weight excluding hydrogens is 294 g/mol. The van der Waals surface area contributed by atoms with Crippen LogP contribution in [0.1, 0.15) is 47.5 Å². The molecule has 23 heavy (non-hydrogen) atoms. The Morgan fingerprint density at radius 3 is 2.57 bits per heavy atom. The van der Waals surface area contributed by atoms with Crippen LogP contribution in [0.3, 0.4) is 0 Å². The van der Waals surface area contributed by atoms with E-state index < -0.39 is 11.9 Å². The first-order valence-corrected chi connectivity index (χ1v) is 8.35. The van der Waals surface area contributed by atoms with Crippen LogP contribution in [0.5, 0.6) is 0 Å². The second-order valence-corrected chi connectivity index (χ2v) is 6.46. The number of benzene rings is 1. The monoisotopic (exact) mass is 317 g/mol. The first-order valence-electron chi connectivity index (χ1n) is 8.35. The average molecular weight is 317 g/mol. The smallest absolute Gasteiger partial charge is 0.308 e. The van der Waals surface area contributed by atoms with Gasteiger partial charge >= 0.3 is 5.97 Å². The maximum Gasteiger partial charge on any atom is 0.308 e. The Balaban J connectivity index is 1.66. The number of carboxylic acid groups (broad SMARTS) is 1. The molecule has 1 N–H and O–H groups in total. The van der Waals surface area contributed by atoms with Crippen LogP contribution in [-0.2, 0) is 9.53 Å². The van der Waals surface area contributed by atoms with Crippen LogP contribution in [0.15, 0.2) is 24.3 Å². The summed E-state index contributed by atoms with van der Waals surface area (Å²) in [5, 5.41) is 9.14. The number of piperidine rings is 1. The van der Waals surface area contributed by atoms with Crippen molar-refractivity contribution in [1.29, 1.82) is 0 Å². The number of ether oxygens (including phenoxy) is 1. The molecule has 3 rings (SSSR count). The average Bonchev–Trinajstić information content (AvgIpc) is 2.62. The van der Waals surface area contributed by atoms with E-state index in [9.17, 15) is 9.59 Å². The fraction of sp³-hybridized carbons (Fsp3) is 0.556. The Kier molecular flexibility index (Phi) is 4.96. The Hall–Kier alpha value is -1.88. The van der Waals surface area contributed by atoms with Gasteiger partial charge in [0.05, 0.1) is 12.5 Å². The van der Waals surface area contributed by atoms with Crippen molar-refractivity contribution in [2.75, 3.05) is 26.3 Å². The largest absolute Gasteiger partial charge is 0.481 e. The number of carbonyl (C=O) groups excluding carboxylic acids is 1. The standard InChI is InChI=1S/C18H23NO4/c20-17(19-9-1-3-15(11-19)18(21)22)14-7-5-13(6-8-14)16-4-2-10-23-12-16/h5-8,15-16H,1-4,9-12H2,(H,21,22)/t15-,16?/m0/s1. The lowest BCUT2D eigenvalue weighted by Crippen LogP contribution is -2.42. The number of aliphatic carboxylic acids is 1. The number of likely N-dealkylation sites (tertiary alicyclic amines) is 1. The zero-order valence-corrected chi connectivity index (χ0v) is 13.2. The van der Waals surface area contributed by atoms with Gasteiger partial charge in [-0.15, -0.1) is 0 Å². The molecule has 1 aromatic carbocycles. The SMILES string of the molecule is O=C(O)[C@H]1CCCN(C(=O)c2ccc(C3CCCOC3)cc2)C1. The highest BCUT2D eigenvalue weighted by atomic mass is 16.5. The summed E-state index contributed by atoms with van der Waals surface area (Å²) in [6.07, 6.45) is 3.61. The highest BCUT2D eigenvalue weighted by molar-refractivity contribution is 5.94. The molecule has 2 aliphatic rings. The Labute approximate surface area is 136 Å². The molecule has 0 aromatic heterocycles. The summed E-state index contributed by atoms with van der Waals surface area (Å²) in [5.41, 5.74) is 1.85. The molecule has 1 amide bonds. The summed E-state index contributed by atoms with van der Waals surface area (Å²) in [7, 11) is 0. The summed E-state index contributed by atoms with van der Waals surface area (Å²) < 4.78 is 5.51. The summed E-state index contributed by atoms with van der Waals surface area (Å²) >= 11 is 0. The normalized spacial score (nSPS) is 25.1. The fourth-order valence-corrected chi connectivity index (χ4v) is 3.45. The molecule has 2 saturated heterocycles. The molecule has 0 aliphatic carbocycles. The minimum Gasteiger partial charge on any atom is -0.481 e. The van der Waals surface area contributed by atoms with Crippen LogP contribution in [0.4, 0.5) is 0 Å². The van der Waals surface area contributed by atoms with E-state index in [0.717, 1.165) is 32.5 Å². The lowest BCUT2D eigenvalue weighted by molar-refractivity contribution is -0.143. The number of hydrogen-bond acceptors (Lipinski definition) is 3. The number of nitrogens with zero attached hydrogens (tertiary/aromatic N) is 1. The minimum absolute atomic E-state index is 0.0672. The predicted octanol–water partition coefficient (Wildman–Crippen LogP) is 2.52. The van der Waals surface area contributed by atoms with Crippen LogP contribution in [0.25, 0.3) is 0 Å². The van der Waals surface area contributed by atoms with Crippen molar-refractivity contribution in [3.05, 3.63) is 35.4 Å². The van der Waals surface area contributed by atoms with Crippen molar-refractivity contribution >= 4 is 11.9 Å². The van der Waals surface area contributed by atoms with Gasteiger partial charge in [-0.1, -0.05) is 12.1 Å². The third-order valence-electron chi connectivity index (χ3n) is 4.85. The summed E-state index contributed by atoms with van der Waals surface area (Å²) in [6.45, 7) is 2.54. The van der Waals surface area contributed by atoms with Crippen LogP contribution in [-0.4, -0.2) is 48.2 Å². The topological polar surface area (TPSA) is 66.8 Å². The maximum atomic E-state index is 12.6. The highest BCUT2D eigenvalue weighted by Gasteiger charge is 2.28. The van der Waals surface area contributed by atoms with Gasteiger partial charge in [-0.25, -0.2) is 0 Å².